The molecule has 1 aliphatic heterocycles. The van der Waals surface area contributed by atoms with Crippen LogP contribution < -0.4 is 21.4 Å². The minimum absolute atomic E-state index is 0.767. The molecule has 4 nitrogen and oxygen atoms in total. The predicted molar refractivity (Wildman–Crippen MR) is 133 cm³/mol. The molecular weight excluding hydrogens is 392 g/mol. The quantitative estimate of drug-likeness (QED) is 0.366. The Balaban J connectivity index is 1.90. The first-order chi connectivity index (χ1) is 15.6. The number of aromatic amines is 4. The van der Waals surface area contributed by atoms with E-state index in [-0.39, 0.29) is 0 Å². The van der Waals surface area contributed by atoms with Crippen molar-refractivity contribution in [3.8, 4) is 0 Å². The molecule has 4 N–H and O–H groups in total. The average molecular weight is 421 g/mol. The summed E-state index contributed by atoms with van der Waals surface area (Å²) in [5.41, 5.74) is 9.16. The van der Waals surface area contributed by atoms with Crippen molar-refractivity contribution >= 4 is 22.3 Å². The number of nitrogens with one attached hydrogen (secondary N) is 4. The molecule has 4 aromatic heterocycles. The van der Waals surface area contributed by atoms with Crippen molar-refractivity contribution in [3.63, 3.8) is 0 Å². The molecule has 0 radical (unpaired) electrons. The topological polar surface area (TPSA) is 63.2 Å². The van der Waals surface area contributed by atoms with Gasteiger partial charge in [0.2, 0.25) is 0 Å². The Morgan fingerprint density at radius 1 is 0.531 bits per heavy atom. The Hall–Kier alpha value is -3.92. The molecule has 0 aromatic carbocycles. The van der Waals surface area contributed by atoms with Gasteiger partial charge in [-0.3, -0.25) is 0 Å². The number of hydrogen-bond acceptors (Lipinski definition) is 0. The van der Waals surface area contributed by atoms with E-state index < -0.39 is 0 Å². The van der Waals surface area contributed by atoms with Gasteiger partial charge in [-0.15, -0.1) is 13.2 Å². The Morgan fingerprint density at radius 2 is 0.906 bits per heavy atom. The number of rotatable bonds is 4. The lowest BCUT2D eigenvalue weighted by molar-refractivity contribution is 1.15. The fraction of sp³-hybridized carbons (Fsp3) is 0.143. The van der Waals surface area contributed by atoms with Crippen molar-refractivity contribution in [2.75, 3.05) is 0 Å². The molecule has 8 bridgehead atoms. The summed E-state index contributed by atoms with van der Waals surface area (Å²) < 4.78 is 0. The Bertz CT molecular complexity index is 1460. The van der Waals surface area contributed by atoms with Crippen LogP contribution in [0.15, 0.2) is 73.8 Å². The predicted octanol–water partition coefficient (Wildman–Crippen LogP) is 3.30. The van der Waals surface area contributed by atoms with Crippen LogP contribution in [0.2, 0.25) is 0 Å². The summed E-state index contributed by atoms with van der Waals surface area (Å²) in [5, 5.41) is 4.41. The number of hydrogen-bond donors (Lipinski definition) is 4. The van der Waals surface area contributed by atoms with Gasteiger partial charge in [0, 0.05) is 55.3 Å². The van der Waals surface area contributed by atoms with Gasteiger partial charge < -0.3 is 19.9 Å². The van der Waals surface area contributed by atoms with Crippen LogP contribution in [0.5, 0.6) is 0 Å². The molecule has 0 saturated carbocycles. The van der Waals surface area contributed by atoms with Gasteiger partial charge >= 0.3 is 0 Å². The van der Waals surface area contributed by atoms with Crippen LogP contribution in [-0.2, 0) is 0 Å². The average Bonchev–Trinajstić information content (AvgIpc) is 3.61. The third-order valence-corrected chi connectivity index (χ3v) is 6.36. The summed E-state index contributed by atoms with van der Waals surface area (Å²) in [5.74, 6) is 0. The summed E-state index contributed by atoms with van der Waals surface area (Å²) in [4.78, 5) is 14.5. The molecule has 0 spiro atoms. The van der Waals surface area contributed by atoms with Gasteiger partial charge in [0.05, 0.1) is 0 Å². The Morgan fingerprint density at radius 3 is 1.34 bits per heavy atom. The second-order valence-corrected chi connectivity index (χ2v) is 8.34. The molecule has 0 saturated heterocycles. The van der Waals surface area contributed by atoms with Crippen LogP contribution in [0, 0.1) is 0 Å². The molecule has 4 aromatic rings. The van der Waals surface area contributed by atoms with Crippen molar-refractivity contribution < 1.29 is 0 Å². The lowest BCUT2D eigenvalue weighted by Gasteiger charge is -2.04. The van der Waals surface area contributed by atoms with Gasteiger partial charge in [0.25, 0.3) is 0 Å². The molecule has 0 amide bonds. The second-order valence-electron chi connectivity index (χ2n) is 8.34. The molecule has 32 heavy (non-hydrogen) atoms. The monoisotopic (exact) mass is 420 g/mol. The summed E-state index contributed by atoms with van der Waals surface area (Å²) in [7, 11) is 0. The van der Waals surface area contributed by atoms with Crippen LogP contribution in [-0.4, -0.2) is 19.9 Å². The molecule has 1 aliphatic rings. The van der Waals surface area contributed by atoms with E-state index in [9.17, 15) is 0 Å². The first-order valence-electron chi connectivity index (χ1n) is 11.0. The Labute approximate surface area is 187 Å². The highest BCUT2D eigenvalue weighted by Crippen LogP contribution is 2.20. The normalized spacial score (nSPS) is 13.6. The molecule has 0 fully saturated rings. The summed E-state index contributed by atoms with van der Waals surface area (Å²) >= 11 is 0. The highest BCUT2D eigenvalue weighted by molar-refractivity contribution is 5.70. The Kier molecular flexibility index (Phi) is 4.98. The van der Waals surface area contributed by atoms with Crippen molar-refractivity contribution in [2.24, 2.45) is 0 Å². The molecule has 4 heteroatoms. The van der Waals surface area contributed by atoms with E-state index in [2.05, 4.69) is 95.5 Å². The standard InChI is InChI=1S/C28H28N4/c1-5-7-19-25-13-11-23(30-25)17(3)21-9-10-22(29-21)18(4)24-12-14-26(31-24)20(8-6-2)28-16-15-27(19)32-28/h5-6,9-16,29-32H,1-2,7-8H2,3-4H3. The zero-order valence-electron chi connectivity index (χ0n) is 18.6. The molecule has 160 valence electrons. The van der Waals surface area contributed by atoms with Crippen molar-refractivity contribution in [3.05, 3.63) is 118 Å². The van der Waals surface area contributed by atoms with E-state index in [0.29, 0.717) is 0 Å². The van der Waals surface area contributed by atoms with E-state index in [1.165, 1.54) is 22.3 Å². The fourth-order valence-corrected chi connectivity index (χ4v) is 4.47. The van der Waals surface area contributed by atoms with Gasteiger partial charge in [-0.25, -0.2) is 0 Å². The van der Waals surface area contributed by atoms with E-state index in [1.54, 1.807) is 0 Å². The fourth-order valence-electron chi connectivity index (χ4n) is 4.47. The minimum atomic E-state index is 0.767. The maximum atomic E-state index is 3.98. The summed E-state index contributed by atoms with van der Waals surface area (Å²) in [6.45, 7) is 12.3. The molecule has 0 atom stereocenters. The SMILES string of the molecule is C=CCC1=c2ccc([nH]2)=C(CC=C)c2ccc([nH]2)C(C)=c2ccc([nH]2)=C(C)c2ccc1[nH]2. The first kappa shape index (κ1) is 20.0. The van der Waals surface area contributed by atoms with Gasteiger partial charge in [0.15, 0.2) is 0 Å². The molecular formula is C28H28N4. The summed E-state index contributed by atoms with van der Waals surface area (Å²) in [6, 6.07) is 17.2. The zero-order valence-corrected chi connectivity index (χ0v) is 18.6. The molecule has 0 aliphatic carbocycles. The van der Waals surface area contributed by atoms with Crippen LogP contribution in [0.4, 0.5) is 0 Å². The highest BCUT2D eigenvalue weighted by atomic mass is 14.8. The maximum absolute atomic E-state index is 3.98. The molecule has 5 heterocycles. The van der Waals surface area contributed by atoms with Crippen molar-refractivity contribution in [2.45, 2.75) is 26.7 Å². The van der Waals surface area contributed by atoms with Crippen LogP contribution >= 0.6 is 0 Å². The van der Waals surface area contributed by atoms with Crippen molar-refractivity contribution in [1.29, 1.82) is 0 Å². The highest BCUT2D eigenvalue weighted by Gasteiger charge is 2.11. The van der Waals surface area contributed by atoms with E-state index in [0.717, 1.165) is 57.0 Å². The van der Waals surface area contributed by atoms with E-state index in [4.69, 9.17) is 0 Å². The minimum Gasteiger partial charge on any atom is -0.355 e. The number of fused-ring (bicyclic) bond motifs is 8. The van der Waals surface area contributed by atoms with Gasteiger partial charge in [-0.2, -0.15) is 0 Å². The largest absolute Gasteiger partial charge is 0.355 e. The van der Waals surface area contributed by atoms with E-state index >= 15 is 0 Å². The smallest absolute Gasteiger partial charge is 0.0441 e. The molecule has 0 unspecified atom stereocenters. The third-order valence-electron chi connectivity index (χ3n) is 6.36. The lowest BCUT2D eigenvalue weighted by Crippen LogP contribution is -2.17. The lowest BCUT2D eigenvalue weighted by atomic mass is 10.1. The zero-order chi connectivity index (χ0) is 22.2. The first-order valence-corrected chi connectivity index (χ1v) is 11.0. The number of aromatic nitrogens is 4. The maximum Gasteiger partial charge on any atom is 0.0441 e. The second kappa shape index (κ2) is 7.97. The third kappa shape index (κ3) is 3.34. The number of H-pyrrole nitrogens is 4. The van der Waals surface area contributed by atoms with Crippen LogP contribution in [0.1, 0.15) is 49.5 Å². The van der Waals surface area contributed by atoms with Gasteiger partial charge in [-0.1, -0.05) is 12.2 Å². The van der Waals surface area contributed by atoms with Gasteiger partial charge in [0.1, 0.15) is 0 Å². The van der Waals surface area contributed by atoms with E-state index in [1.807, 2.05) is 12.2 Å². The van der Waals surface area contributed by atoms with Crippen LogP contribution in [0.3, 0.4) is 0 Å². The van der Waals surface area contributed by atoms with Crippen LogP contribution in [0.25, 0.3) is 22.3 Å². The van der Waals surface area contributed by atoms with Gasteiger partial charge in [-0.05, 0) is 86.4 Å². The van der Waals surface area contributed by atoms with Crippen molar-refractivity contribution in [1.82, 2.24) is 19.9 Å². The number of allylic oxidation sites excluding steroid dienone is 2. The summed E-state index contributed by atoms with van der Waals surface area (Å²) in [6.07, 6.45) is 5.44. The molecule has 5 rings (SSSR count).